The third-order valence-corrected chi connectivity index (χ3v) is 2.38. The van der Waals surface area contributed by atoms with Crippen LogP contribution in [0, 0.1) is 12.3 Å². The van der Waals surface area contributed by atoms with Crippen LogP contribution in [0.3, 0.4) is 0 Å². The summed E-state index contributed by atoms with van der Waals surface area (Å²) >= 11 is 5.81. The average Bonchev–Trinajstić information content (AvgIpc) is 2.28. The summed E-state index contributed by atoms with van der Waals surface area (Å²) in [5.74, 6) is 2.16. The second-order valence-corrected chi connectivity index (χ2v) is 4.05. The van der Waals surface area contributed by atoms with Crippen LogP contribution in [-0.2, 0) is 4.79 Å². The predicted molar refractivity (Wildman–Crippen MR) is 69.9 cm³/mol. The first-order chi connectivity index (χ1) is 8.61. The Morgan fingerprint density at radius 1 is 1.56 bits per heavy atom. The average molecular weight is 268 g/mol. The molecule has 1 N–H and O–H groups in total. The highest BCUT2D eigenvalue weighted by molar-refractivity contribution is 6.30. The molecule has 0 aromatic heterocycles. The Labute approximate surface area is 111 Å². The third kappa shape index (κ3) is 5.58. The van der Waals surface area contributed by atoms with Gasteiger partial charge in [0.25, 0.3) is 0 Å². The first-order valence-electron chi connectivity index (χ1n) is 5.38. The maximum Gasteiger partial charge on any atom is 0.317 e. The Morgan fingerprint density at radius 3 is 2.94 bits per heavy atom. The van der Waals surface area contributed by atoms with Gasteiger partial charge >= 0.3 is 5.97 Å². The topological polar surface area (TPSA) is 49.8 Å². The first-order valence-corrected chi connectivity index (χ1v) is 5.75. The van der Waals surface area contributed by atoms with Crippen molar-refractivity contribution in [3.05, 3.63) is 29.3 Å². The molecule has 0 bridgehead atoms. The molecule has 5 heteroatoms. The molecule has 0 radical (unpaired) electrons. The summed E-state index contributed by atoms with van der Waals surface area (Å²) in [6.07, 6.45) is 5.16. The van der Waals surface area contributed by atoms with Crippen molar-refractivity contribution in [2.45, 2.75) is 0 Å². The van der Waals surface area contributed by atoms with Crippen LogP contribution in [0.2, 0.25) is 5.02 Å². The molecule has 4 nitrogen and oxygen atoms in total. The summed E-state index contributed by atoms with van der Waals surface area (Å²) in [4.78, 5) is 12.2. The Hall–Kier alpha value is -1.70. The number of benzene rings is 1. The van der Waals surface area contributed by atoms with E-state index in [1.165, 1.54) is 0 Å². The van der Waals surface area contributed by atoms with E-state index in [-0.39, 0.29) is 13.1 Å². The molecule has 1 aromatic rings. The van der Waals surface area contributed by atoms with Crippen LogP contribution < -0.4 is 4.74 Å². The molecule has 0 aliphatic carbocycles. The molecule has 0 saturated heterocycles. The number of nitrogens with zero attached hydrogens (tertiary/aromatic N) is 1. The molecule has 0 aliphatic heterocycles. The lowest BCUT2D eigenvalue weighted by molar-refractivity contribution is -0.138. The Bertz CT molecular complexity index is 442. The van der Waals surface area contributed by atoms with Gasteiger partial charge in [-0.1, -0.05) is 23.6 Å². The summed E-state index contributed by atoms with van der Waals surface area (Å²) in [5.41, 5.74) is 0. The molecule has 0 amide bonds. The summed E-state index contributed by atoms with van der Waals surface area (Å²) in [7, 11) is 0. The molecule has 1 aromatic carbocycles. The van der Waals surface area contributed by atoms with Crippen LogP contribution in [0.5, 0.6) is 5.75 Å². The van der Waals surface area contributed by atoms with Gasteiger partial charge in [0.2, 0.25) is 0 Å². The van der Waals surface area contributed by atoms with E-state index in [1.54, 1.807) is 29.2 Å². The normalized spacial score (nSPS) is 10.1. The van der Waals surface area contributed by atoms with E-state index < -0.39 is 5.97 Å². The zero-order valence-electron chi connectivity index (χ0n) is 9.80. The van der Waals surface area contributed by atoms with Gasteiger partial charge in [0.15, 0.2) is 0 Å². The van der Waals surface area contributed by atoms with Crippen molar-refractivity contribution < 1.29 is 14.6 Å². The van der Waals surface area contributed by atoms with Crippen molar-refractivity contribution in [3.8, 4) is 18.1 Å². The van der Waals surface area contributed by atoms with Crippen LogP contribution >= 0.6 is 11.6 Å². The van der Waals surface area contributed by atoms with Crippen LogP contribution in [-0.4, -0.2) is 42.2 Å². The van der Waals surface area contributed by atoms with Crippen molar-refractivity contribution in [1.82, 2.24) is 4.90 Å². The minimum atomic E-state index is -0.909. The second-order valence-electron chi connectivity index (χ2n) is 3.61. The number of ether oxygens (including phenoxy) is 1. The van der Waals surface area contributed by atoms with Gasteiger partial charge in [0.1, 0.15) is 12.4 Å². The highest BCUT2D eigenvalue weighted by Crippen LogP contribution is 2.16. The number of hydrogen-bond acceptors (Lipinski definition) is 3. The van der Waals surface area contributed by atoms with Gasteiger partial charge in [0.05, 0.1) is 13.1 Å². The molecule has 0 aliphatic rings. The van der Waals surface area contributed by atoms with Gasteiger partial charge in [-0.2, -0.15) is 0 Å². The van der Waals surface area contributed by atoms with Crippen LogP contribution in [0.15, 0.2) is 24.3 Å². The molecule has 0 spiro atoms. The highest BCUT2D eigenvalue weighted by atomic mass is 35.5. The predicted octanol–water partition coefficient (Wildman–Crippen LogP) is 1.74. The first kappa shape index (κ1) is 14.4. The molecule has 0 heterocycles. The summed E-state index contributed by atoms with van der Waals surface area (Å²) < 4.78 is 5.46. The Kier molecular flexibility index (Phi) is 6.06. The van der Waals surface area contributed by atoms with Crippen LogP contribution in [0.1, 0.15) is 0 Å². The SMILES string of the molecule is C#CCN(CCOc1cccc(Cl)c1)CC(=O)O. The number of carboxylic acid groups (broad SMARTS) is 1. The zero-order valence-corrected chi connectivity index (χ0v) is 10.6. The molecule has 0 saturated carbocycles. The van der Waals surface area contributed by atoms with Crippen molar-refractivity contribution in [3.63, 3.8) is 0 Å². The van der Waals surface area contributed by atoms with Crippen molar-refractivity contribution in [2.75, 3.05) is 26.2 Å². The minimum absolute atomic E-state index is 0.0941. The van der Waals surface area contributed by atoms with Crippen LogP contribution in [0.25, 0.3) is 0 Å². The zero-order chi connectivity index (χ0) is 13.4. The lowest BCUT2D eigenvalue weighted by Gasteiger charge is -2.17. The fourth-order valence-corrected chi connectivity index (χ4v) is 1.56. The van der Waals surface area contributed by atoms with Gasteiger partial charge in [-0.25, -0.2) is 0 Å². The molecule has 0 atom stereocenters. The van der Waals surface area contributed by atoms with E-state index in [9.17, 15) is 4.79 Å². The minimum Gasteiger partial charge on any atom is -0.492 e. The van der Waals surface area contributed by atoms with Crippen LogP contribution in [0.4, 0.5) is 0 Å². The lowest BCUT2D eigenvalue weighted by atomic mass is 10.3. The molecule has 0 fully saturated rings. The fraction of sp³-hybridized carbons (Fsp3) is 0.308. The summed E-state index contributed by atoms with van der Waals surface area (Å²) in [6, 6.07) is 7.02. The number of aliphatic carboxylic acids is 1. The van der Waals surface area contributed by atoms with Gasteiger partial charge < -0.3 is 9.84 Å². The van der Waals surface area contributed by atoms with E-state index in [2.05, 4.69) is 5.92 Å². The largest absolute Gasteiger partial charge is 0.492 e. The van der Waals surface area contributed by atoms with E-state index in [1.807, 2.05) is 0 Å². The van der Waals surface area contributed by atoms with E-state index >= 15 is 0 Å². The number of rotatable bonds is 7. The molecule has 1 rings (SSSR count). The molecule has 18 heavy (non-hydrogen) atoms. The Balaban J connectivity index is 2.39. The maximum absolute atomic E-state index is 10.6. The van der Waals surface area contributed by atoms with E-state index in [0.29, 0.717) is 23.9 Å². The van der Waals surface area contributed by atoms with Crippen molar-refractivity contribution in [2.24, 2.45) is 0 Å². The Morgan fingerprint density at radius 2 is 2.33 bits per heavy atom. The quantitative estimate of drug-likeness (QED) is 0.765. The fourth-order valence-electron chi connectivity index (χ4n) is 1.38. The summed E-state index contributed by atoms with van der Waals surface area (Å²) in [5, 5.41) is 9.29. The number of carboxylic acids is 1. The van der Waals surface area contributed by atoms with Gasteiger partial charge in [-0.15, -0.1) is 6.42 Å². The number of carbonyl (C=O) groups is 1. The van der Waals surface area contributed by atoms with Gasteiger partial charge in [-0.3, -0.25) is 9.69 Å². The summed E-state index contributed by atoms with van der Waals surface area (Å²) in [6.45, 7) is 0.993. The molecule has 96 valence electrons. The molecule has 0 unspecified atom stereocenters. The second kappa shape index (κ2) is 7.59. The van der Waals surface area contributed by atoms with E-state index in [0.717, 1.165) is 0 Å². The van der Waals surface area contributed by atoms with E-state index in [4.69, 9.17) is 27.9 Å². The molecular formula is C13H14ClNO3. The monoisotopic (exact) mass is 267 g/mol. The number of terminal acetylenes is 1. The van der Waals surface area contributed by atoms with Crippen molar-refractivity contribution >= 4 is 17.6 Å². The highest BCUT2D eigenvalue weighted by Gasteiger charge is 2.08. The van der Waals surface area contributed by atoms with Gasteiger partial charge in [0, 0.05) is 11.6 Å². The number of halogens is 1. The number of hydrogen-bond donors (Lipinski definition) is 1. The van der Waals surface area contributed by atoms with Crippen molar-refractivity contribution in [1.29, 1.82) is 0 Å². The third-order valence-electron chi connectivity index (χ3n) is 2.15. The maximum atomic E-state index is 10.6. The molecular weight excluding hydrogens is 254 g/mol. The van der Waals surface area contributed by atoms with Gasteiger partial charge in [-0.05, 0) is 18.2 Å². The standard InChI is InChI=1S/C13H14ClNO3/c1-2-6-15(10-13(16)17)7-8-18-12-5-3-4-11(14)9-12/h1,3-5,9H,6-8,10H2,(H,16,17). The smallest absolute Gasteiger partial charge is 0.317 e. The lowest BCUT2D eigenvalue weighted by Crippen LogP contribution is -2.33.